The molecule has 0 amide bonds. The Morgan fingerprint density at radius 3 is 2.40 bits per heavy atom. The minimum absolute atomic E-state index is 0.0518. The molecule has 0 aromatic heterocycles. The maximum atomic E-state index is 13.9. The number of benzene rings is 2. The Balaban J connectivity index is 1.93. The Hall–Kier alpha value is -2.12. The zero-order chi connectivity index (χ0) is 18.0. The number of rotatable bonds is 5. The van der Waals surface area contributed by atoms with Crippen LogP contribution >= 0.6 is 0 Å². The second-order valence-corrected chi connectivity index (χ2v) is 7.86. The first-order valence-corrected chi connectivity index (χ1v) is 9.53. The molecule has 1 N–H and O–H groups in total. The lowest BCUT2D eigenvalue weighted by molar-refractivity contribution is 0.171. The van der Waals surface area contributed by atoms with Crippen LogP contribution in [0.4, 0.5) is 4.39 Å². The topological polar surface area (TPSA) is 64.6 Å². The predicted octanol–water partition coefficient (Wildman–Crippen LogP) is 3.27. The van der Waals surface area contributed by atoms with Crippen molar-refractivity contribution >= 4 is 10.0 Å². The molecule has 25 heavy (non-hydrogen) atoms. The molecule has 1 aliphatic heterocycles. The summed E-state index contributed by atoms with van der Waals surface area (Å²) in [4.78, 5) is -0.363. The molecule has 0 radical (unpaired) electrons. The van der Waals surface area contributed by atoms with Crippen molar-refractivity contribution in [2.75, 3.05) is 13.2 Å². The molecule has 1 aliphatic rings. The van der Waals surface area contributed by atoms with Gasteiger partial charge < -0.3 is 9.47 Å². The van der Waals surface area contributed by atoms with E-state index in [1.807, 2.05) is 13.8 Å². The number of nitrogens with one attached hydrogen (secondary N) is 1. The molecule has 2 aromatic rings. The van der Waals surface area contributed by atoms with Crippen LogP contribution in [0.3, 0.4) is 0 Å². The Labute approximate surface area is 146 Å². The van der Waals surface area contributed by atoms with Crippen LogP contribution < -0.4 is 14.2 Å². The summed E-state index contributed by atoms with van der Waals surface area (Å²) in [5.74, 6) is 0.387. The first-order valence-electron chi connectivity index (χ1n) is 8.05. The van der Waals surface area contributed by atoms with E-state index in [2.05, 4.69) is 4.72 Å². The molecular weight excluding hydrogens is 345 g/mol. The molecule has 7 heteroatoms. The Kier molecular flexibility index (Phi) is 4.96. The first-order chi connectivity index (χ1) is 11.9. The third-order valence-corrected chi connectivity index (χ3v) is 5.47. The van der Waals surface area contributed by atoms with Gasteiger partial charge in [-0.15, -0.1) is 0 Å². The molecule has 2 aromatic carbocycles. The molecule has 3 rings (SSSR count). The van der Waals surface area contributed by atoms with Gasteiger partial charge in [0.05, 0.1) is 0 Å². The highest BCUT2D eigenvalue weighted by Gasteiger charge is 2.27. The van der Waals surface area contributed by atoms with Gasteiger partial charge in [0.25, 0.3) is 0 Å². The van der Waals surface area contributed by atoms with Crippen LogP contribution in [0, 0.1) is 11.7 Å². The monoisotopic (exact) mass is 365 g/mol. The van der Waals surface area contributed by atoms with Gasteiger partial charge in [-0.1, -0.05) is 32.0 Å². The van der Waals surface area contributed by atoms with Crippen LogP contribution in [-0.4, -0.2) is 21.6 Å². The largest absolute Gasteiger partial charge is 0.486 e. The molecular formula is C18H20FNO4S. The summed E-state index contributed by atoms with van der Waals surface area (Å²) in [7, 11) is -4.00. The van der Waals surface area contributed by atoms with Gasteiger partial charge in [0.2, 0.25) is 10.0 Å². The second-order valence-electron chi connectivity index (χ2n) is 6.18. The first kappa shape index (κ1) is 17.7. The van der Waals surface area contributed by atoms with Crippen LogP contribution in [0.1, 0.15) is 25.5 Å². The highest BCUT2D eigenvalue weighted by atomic mass is 32.2. The van der Waals surface area contributed by atoms with Crippen LogP contribution in [0.15, 0.2) is 47.4 Å². The van der Waals surface area contributed by atoms with E-state index in [4.69, 9.17) is 9.47 Å². The summed E-state index contributed by atoms with van der Waals surface area (Å²) in [6.07, 6.45) is 0. The van der Waals surface area contributed by atoms with Crippen molar-refractivity contribution in [3.63, 3.8) is 0 Å². The number of ether oxygens (including phenoxy) is 2. The average molecular weight is 365 g/mol. The molecule has 0 saturated heterocycles. The predicted molar refractivity (Wildman–Crippen MR) is 91.7 cm³/mol. The van der Waals surface area contributed by atoms with Gasteiger partial charge in [-0.2, -0.15) is 0 Å². The van der Waals surface area contributed by atoms with Crippen molar-refractivity contribution in [2.45, 2.75) is 24.8 Å². The lowest BCUT2D eigenvalue weighted by atomic mass is 9.97. The Bertz CT molecular complexity index is 867. The lowest BCUT2D eigenvalue weighted by Crippen LogP contribution is -2.32. The minimum Gasteiger partial charge on any atom is -0.486 e. The van der Waals surface area contributed by atoms with Gasteiger partial charge >= 0.3 is 0 Å². The fourth-order valence-corrected chi connectivity index (χ4v) is 4.19. The van der Waals surface area contributed by atoms with E-state index in [1.54, 1.807) is 18.2 Å². The number of fused-ring (bicyclic) bond motifs is 1. The van der Waals surface area contributed by atoms with Crippen molar-refractivity contribution < 1.29 is 22.3 Å². The van der Waals surface area contributed by atoms with Gasteiger partial charge in [0.15, 0.2) is 11.5 Å². The fraction of sp³-hybridized carbons (Fsp3) is 0.333. The molecule has 0 spiro atoms. The quantitative estimate of drug-likeness (QED) is 0.883. The summed E-state index contributed by atoms with van der Waals surface area (Å²) < 4.78 is 52.8. The van der Waals surface area contributed by atoms with E-state index in [0.29, 0.717) is 24.7 Å². The standard InChI is InChI=1S/C18H20FNO4S/c1-12(2)18(13-7-8-15-16(11-13)24-10-9-23-15)20-25(21,22)17-6-4-3-5-14(17)19/h3-8,11-12,18,20H,9-10H2,1-2H3/t18-/m1/s1. The highest BCUT2D eigenvalue weighted by molar-refractivity contribution is 7.89. The van der Waals surface area contributed by atoms with Crippen molar-refractivity contribution in [1.29, 1.82) is 0 Å². The van der Waals surface area contributed by atoms with Crippen LogP contribution in [0.5, 0.6) is 11.5 Å². The number of sulfonamides is 1. The molecule has 134 valence electrons. The van der Waals surface area contributed by atoms with E-state index in [1.165, 1.54) is 18.2 Å². The third kappa shape index (κ3) is 3.77. The summed E-state index contributed by atoms with van der Waals surface area (Å²) in [6, 6.07) is 10.1. The molecule has 0 saturated carbocycles. The zero-order valence-electron chi connectivity index (χ0n) is 14.0. The molecule has 0 bridgehead atoms. The SMILES string of the molecule is CC(C)[C@@H](NS(=O)(=O)c1ccccc1F)c1ccc2c(c1)OCCO2. The molecule has 1 heterocycles. The second kappa shape index (κ2) is 7.01. The van der Waals surface area contributed by atoms with Gasteiger partial charge in [-0.25, -0.2) is 17.5 Å². The van der Waals surface area contributed by atoms with E-state index in [9.17, 15) is 12.8 Å². The Morgan fingerprint density at radius 2 is 1.72 bits per heavy atom. The summed E-state index contributed by atoms with van der Waals surface area (Å²) in [6.45, 7) is 4.72. The van der Waals surface area contributed by atoms with Crippen LogP contribution in [-0.2, 0) is 10.0 Å². The molecule has 0 aliphatic carbocycles. The van der Waals surface area contributed by atoms with Crippen molar-refractivity contribution in [3.05, 3.63) is 53.8 Å². The van der Waals surface area contributed by atoms with Crippen molar-refractivity contribution in [1.82, 2.24) is 4.72 Å². The van der Waals surface area contributed by atoms with Crippen LogP contribution in [0.2, 0.25) is 0 Å². The molecule has 5 nitrogen and oxygen atoms in total. The summed E-state index contributed by atoms with van der Waals surface area (Å²) in [5.41, 5.74) is 0.735. The highest BCUT2D eigenvalue weighted by Crippen LogP contribution is 2.35. The smallest absolute Gasteiger partial charge is 0.244 e. The van der Waals surface area contributed by atoms with Gasteiger partial charge in [-0.3, -0.25) is 0 Å². The van der Waals surface area contributed by atoms with Crippen LogP contribution in [0.25, 0.3) is 0 Å². The lowest BCUT2D eigenvalue weighted by Gasteiger charge is -2.25. The van der Waals surface area contributed by atoms with E-state index >= 15 is 0 Å². The Morgan fingerprint density at radius 1 is 1.04 bits per heavy atom. The maximum Gasteiger partial charge on any atom is 0.244 e. The summed E-state index contributed by atoms with van der Waals surface area (Å²) >= 11 is 0. The van der Waals surface area contributed by atoms with Crippen molar-refractivity contribution in [2.24, 2.45) is 5.92 Å². The maximum absolute atomic E-state index is 13.9. The normalized spacial score (nSPS) is 15.2. The summed E-state index contributed by atoms with van der Waals surface area (Å²) in [5, 5.41) is 0. The number of hydrogen-bond donors (Lipinski definition) is 1. The van der Waals surface area contributed by atoms with Gasteiger partial charge in [0.1, 0.15) is 23.9 Å². The number of hydrogen-bond acceptors (Lipinski definition) is 4. The van der Waals surface area contributed by atoms with E-state index in [0.717, 1.165) is 11.6 Å². The van der Waals surface area contributed by atoms with Crippen molar-refractivity contribution in [3.8, 4) is 11.5 Å². The van der Waals surface area contributed by atoms with E-state index in [-0.39, 0.29) is 10.8 Å². The fourth-order valence-electron chi connectivity index (χ4n) is 2.74. The number of halogens is 1. The van der Waals surface area contributed by atoms with Gasteiger partial charge in [0, 0.05) is 6.04 Å². The molecule has 1 atom stereocenters. The molecule has 0 fully saturated rings. The van der Waals surface area contributed by atoms with Gasteiger partial charge in [-0.05, 0) is 35.7 Å². The minimum atomic E-state index is -4.00. The zero-order valence-corrected chi connectivity index (χ0v) is 14.8. The van der Waals surface area contributed by atoms with E-state index < -0.39 is 21.9 Å². The third-order valence-electron chi connectivity index (χ3n) is 4.00. The molecule has 0 unspecified atom stereocenters. The average Bonchev–Trinajstić information content (AvgIpc) is 2.59.